The predicted molar refractivity (Wildman–Crippen MR) is 159 cm³/mol. The van der Waals surface area contributed by atoms with Crippen LogP contribution in [-0.4, -0.2) is 49.5 Å². The van der Waals surface area contributed by atoms with E-state index in [1.54, 1.807) is 25.4 Å². The van der Waals surface area contributed by atoms with Crippen molar-refractivity contribution in [3.05, 3.63) is 84.7 Å². The number of para-hydroxylation sites is 1. The minimum absolute atomic E-state index is 0.00399. The van der Waals surface area contributed by atoms with Gasteiger partial charge in [0, 0.05) is 35.2 Å². The number of methoxy groups -OCH3 is 1. The van der Waals surface area contributed by atoms with Crippen molar-refractivity contribution in [2.24, 2.45) is 11.8 Å². The van der Waals surface area contributed by atoms with E-state index in [2.05, 4.69) is 41.1 Å². The Kier molecular flexibility index (Phi) is 7.10. The number of piperidine rings is 3. The lowest BCUT2D eigenvalue weighted by Gasteiger charge is -2.51. The second-order valence-electron chi connectivity index (χ2n) is 11.3. The number of fused-ring (bicyclic) bond motifs is 5. The van der Waals surface area contributed by atoms with Gasteiger partial charge >= 0.3 is 0 Å². The molecule has 1 N–H and O–H groups in total. The van der Waals surface area contributed by atoms with Crippen molar-refractivity contribution in [1.82, 2.24) is 19.6 Å². The maximum Gasteiger partial charge on any atom is 0.243 e. The van der Waals surface area contributed by atoms with Crippen molar-refractivity contribution in [2.75, 3.05) is 20.2 Å². The van der Waals surface area contributed by atoms with E-state index in [1.807, 2.05) is 42.5 Å². The number of hydrogen-bond donors (Lipinski definition) is 1. The number of nitrogens with one attached hydrogen (secondary N) is 1. The lowest BCUT2D eigenvalue weighted by Crippen LogP contribution is -2.57. The Morgan fingerprint density at radius 3 is 2.73 bits per heavy atom. The molecule has 0 spiro atoms. The summed E-state index contributed by atoms with van der Waals surface area (Å²) >= 11 is 0. The fourth-order valence-electron chi connectivity index (χ4n) is 6.52. The summed E-state index contributed by atoms with van der Waals surface area (Å²) in [7, 11) is -2.32. The molecule has 3 fully saturated rings. The van der Waals surface area contributed by atoms with Gasteiger partial charge in [-0.1, -0.05) is 38.1 Å². The number of sulfonamides is 1. The molecule has 4 aromatic rings. The van der Waals surface area contributed by atoms with Crippen LogP contribution < -0.4 is 9.46 Å². The number of nitrogens with zero attached hydrogens (tertiary/aromatic N) is 3. The lowest BCUT2D eigenvalue weighted by molar-refractivity contribution is 0.00490. The van der Waals surface area contributed by atoms with Gasteiger partial charge in [-0.05, 0) is 79.1 Å². The maximum absolute atomic E-state index is 14.3. The summed E-state index contributed by atoms with van der Waals surface area (Å²) in [6, 6.07) is 16.5. The van der Waals surface area contributed by atoms with Gasteiger partial charge in [-0.2, -0.15) is 0 Å². The Balaban J connectivity index is 1.49. The molecular formula is C32H36N4O3S. The van der Waals surface area contributed by atoms with Gasteiger partial charge in [-0.25, -0.2) is 13.1 Å². The third kappa shape index (κ3) is 4.78. The van der Waals surface area contributed by atoms with Crippen molar-refractivity contribution in [3.8, 4) is 5.75 Å². The molecule has 40 heavy (non-hydrogen) atoms. The summed E-state index contributed by atoms with van der Waals surface area (Å²) in [6.45, 7) is 10.0. The third-order valence-corrected chi connectivity index (χ3v) is 10.2. The van der Waals surface area contributed by atoms with E-state index in [-0.39, 0.29) is 16.9 Å². The number of pyridine rings is 2. The first-order chi connectivity index (χ1) is 19.3. The zero-order valence-corrected chi connectivity index (χ0v) is 24.1. The van der Waals surface area contributed by atoms with Crippen LogP contribution in [0.1, 0.15) is 49.9 Å². The standard InChI is InChI=1S/C32H36N4O3S/c1-5-21-19-36-16-14-23(21)17-29(36)32(25-13-15-33-28-12-10-24(39-4)18-26(25)28)35-40(37,38)30-8-6-7-22-9-11-27(20(2)3)34-31(22)30/h5-13,15,18,20-21,23,29,32,35H,1,14,16-17,19H2,2-4H3. The second-order valence-corrected chi connectivity index (χ2v) is 13.0. The molecule has 3 saturated heterocycles. The Labute approximate surface area is 236 Å². The van der Waals surface area contributed by atoms with E-state index < -0.39 is 16.1 Å². The number of aromatic nitrogens is 2. The fraction of sp³-hybridized carbons (Fsp3) is 0.375. The monoisotopic (exact) mass is 556 g/mol. The molecule has 8 heteroatoms. The molecule has 0 saturated carbocycles. The van der Waals surface area contributed by atoms with Crippen molar-refractivity contribution < 1.29 is 13.2 Å². The van der Waals surface area contributed by atoms with Gasteiger partial charge in [0.05, 0.1) is 24.2 Å². The van der Waals surface area contributed by atoms with Crippen molar-refractivity contribution in [1.29, 1.82) is 0 Å². The number of hydrogen-bond acceptors (Lipinski definition) is 6. The Morgan fingerprint density at radius 1 is 1.15 bits per heavy atom. The average Bonchev–Trinajstić information content (AvgIpc) is 2.98. The van der Waals surface area contributed by atoms with Crippen LogP contribution in [0.4, 0.5) is 0 Å². The second kappa shape index (κ2) is 10.6. The maximum atomic E-state index is 14.3. The molecule has 2 bridgehead atoms. The molecule has 7 nitrogen and oxygen atoms in total. The zero-order valence-electron chi connectivity index (χ0n) is 23.2. The molecule has 5 atom stereocenters. The van der Waals surface area contributed by atoms with Crippen LogP contribution in [0.3, 0.4) is 0 Å². The molecule has 3 aliphatic heterocycles. The van der Waals surface area contributed by atoms with Gasteiger partial charge in [0.25, 0.3) is 0 Å². The van der Waals surface area contributed by atoms with E-state index in [9.17, 15) is 8.42 Å². The topological polar surface area (TPSA) is 84.4 Å². The van der Waals surface area contributed by atoms with Crippen LogP contribution in [0.15, 0.2) is 78.3 Å². The van der Waals surface area contributed by atoms with Crippen molar-refractivity contribution in [2.45, 2.75) is 49.6 Å². The van der Waals surface area contributed by atoms with Crippen molar-refractivity contribution in [3.63, 3.8) is 0 Å². The predicted octanol–water partition coefficient (Wildman–Crippen LogP) is 5.83. The molecule has 2 aromatic heterocycles. The largest absolute Gasteiger partial charge is 0.497 e. The summed E-state index contributed by atoms with van der Waals surface area (Å²) in [6.07, 6.45) is 5.82. The highest BCUT2D eigenvalue weighted by Gasteiger charge is 2.44. The van der Waals surface area contributed by atoms with E-state index in [4.69, 9.17) is 9.72 Å². The highest BCUT2D eigenvalue weighted by Crippen LogP contribution is 2.43. The number of benzene rings is 2. The molecule has 5 heterocycles. The SMILES string of the molecule is C=CC1CN2CCC1CC2C(NS(=O)(=O)c1cccc2ccc(C(C)C)nc12)c1ccnc2ccc(OC)cc12. The minimum atomic E-state index is -3.96. The summed E-state index contributed by atoms with van der Waals surface area (Å²) in [5.74, 6) is 1.80. The van der Waals surface area contributed by atoms with Gasteiger partial charge in [0.1, 0.15) is 10.6 Å². The zero-order chi connectivity index (χ0) is 28.0. The summed E-state index contributed by atoms with van der Waals surface area (Å²) in [4.78, 5) is 12.0. The first kappa shape index (κ1) is 26.9. The van der Waals surface area contributed by atoms with Crippen LogP contribution in [0.5, 0.6) is 5.75 Å². The molecule has 0 aliphatic carbocycles. The first-order valence-corrected chi connectivity index (χ1v) is 15.5. The molecule has 0 amide bonds. The Hall–Kier alpha value is -3.33. The summed E-state index contributed by atoms with van der Waals surface area (Å²) in [5.41, 5.74) is 3.07. The van der Waals surface area contributed by atoms with E-state index >= 15 is 0 Å². The van der Waals surface area contributed by atoms with E-state index in [0.29, 0.717) is 23.1 Å². The molecule has 5 unspecified atom stereocenters. The van der Waals surface area contributed by atoms with Crippen LogP contribution in [0.2, 0.25) is 0 Å². The molecule has 0 radical (unpaired) electrons. The van der Waals surface area contributed by atoms with E-state index in [0.717, 1.165) is 53.5 Å². The highest BCUT2D eigenvalue weighted by molar-refractivity contribution is 7.89. The van der Waals surface area contributed by atoms with Crippen LogP contribution in [0, 0.1) is 11.8 Å². The van der Waals surface area contributed by atoms with Crippen LogP contribution in [0.25, 0.3) is 21.8 Å². The van der Waals surface area contributed by atoms with E-state index in [1.165, 1.54) is 0 Å². The normalized spacial score (nSPS) is 23.5. The van der Waals surface area contributed by atoms with Crippen LogP contribution >= 0.6 is 0 Å². The minimum Gasteiger partial charge on any atom is -0.497 e. The molecule has 2 aromatic carbocycles. The molecule has 208 valence electrons. The Bertz CT molecular complexity index is 1690. The van der Waals surface area contributed by atoms with Gasteiger partial charge in [-0.3, -0.25) is 14.9 Å². The van der Waals surface area contributed by atoms with Gasteiger partial charge in [0.15, 0.2) is 0 Å². The third-order valence-electron chi connectivity index (χ3n) is 8.72. The van der Waals surface area contributed by atoms with Gasteiger partial charge in [-0.15, -0.1) is 6.58 Å². The fourth-order valence-corrected chi connectivity index (χ4v) is 7.94. The summed E-state index contributed by atoms with van der Waals surface area (Å²) < 4.78 is 37.3. The Morgan fingerprint density at radius 2 is 2.00 bits per heavy atom. The number of ether oxygens (including phenoxy) is 1. The molecule has 3 aliphatic rings. The van der Waals surface area contributed by atoms with Gasteiger partial charge < -0.3 is 4.74 Å². The average molecular weight is 557 g/mol. The van der Waals surface area contributed by atoms with Crippen LogP contribution in [-0.2, 0) is 10.0 Å². The lowest BCUT2D eigenvalue weighted by atomic mass is 9.73. The smallest absolute Gasteiger partial charge is 0.243 e. The quantitative estimate of drug-likeness (QED) is 0.275. The van der Waals surface area contributed by atoms with Crippen molar-refractivity contribution >= 4 is 31.8 Å². The van der Waals surface area contributed by atoms with Gasteiger partial charge in [0.2, 0.25) is 10.0 Å². The summed E-state index contributed by atoms with van der Waals surface area (Å²) in [5, 5.41) is 1.69. The molecular weight excluding hydrogens is 520 g/mol. The molecule has 7 rings (SSSR count). The number of rotatable bonds is 8. The highest BCUT2D eigenvalue weighted by atomic mass is 32.2. The first-order valence-electron chi connectivity index (χ1n) is 14.0.